The fourth-order valence-electron chi connectivity index (χ4n) is 1.69. The van der Waals surface area contributed by atoms with E-state index >= 15 is 0 Å². The summed E-state index contributed by atoms with van der Waals surface area (Å²) in [6.07, 6.45) is -0.770. The number of nitro groups is 1. The van der Waals surface area contributed by atoms with E-state index in [-0.39, 0.29) is 11.4 Å². The first kappa shape index (κ1) is 21.2. The Morgan fingerprint density at radius 2 is 2.04 bits per heavy atom. The van der Waals surface area contributed by atoms with Gasteiger partial charge in [0, 0.05) is 16.3 Å². The van der Waals surface area contributed by atoms with Crippen molar-refractivity contribution in [1.82, 2.24) is 5.32 Å². The zero-order chi connectivity index (χ0) is 19.2. The minimum atomic E-state index is -1.01. The number of hydrogen-bond acceptors (Lipinski definition) is 7. The third kappa shape index (κ3) is 7.30. The average molecular weight is 435 g/mol. The van der Waals surface area contributed by atoms with Gasteiger partial charge < -0.3 is 14.8 Å². The Labute approximate surface area is 157 Å². The van der Waals surface area contributed by atoms with E-state index in [1.54, 1.807) is 32.9 Å². The van der Waals surface area contributed by atoms with Crippen molar-refractivity contribution in [1.29, 1.82) is 0 Å². The Bertz CT molecular complexity index is 662. The van der Waals surface area contributed by atoms with Crippen LogP contribution in [0.4, 0.5) is 10.5 Å². The highest BCUT2D eigenvalue weighted by Crippen LogP contribution is 2.32. The Morgan fingerprint density at radius 1 is 1.40 bits per heavy atom. The Hall–Kier alpha value is -1.81. The summed E-state index contributed by atoms with van der Waals surface area (Å²) in [6, 6.07) is 3.59. The van der Waals surface area contributed by atoms with Gasteiger partial charge in [0.15, 0.2) is 0 Å². The van der Waals surface area contributed by atoms with Gasteiger partial charge in [-0.2, -0.15) is 0 Å². The van der Waals surface area contributed by atoms with Gasteiger partial charge in [-0.25, -0.2) is 9.59 Å². The van der Waals surface area contributed by atoms with E-state index in [9.17, 15) is 19.7 Å². The molecule has 0 aliphatic rings. The predicted octanol–water partition coefficient (Wildman–Crippen LogP) is 3.52. The molecule has 0 spiro atoms. The lowest BCUT2D eigenvalue weighted by atomic mass is 10.2. The van der Waals surface area contributed by atoms with Gasteiger partial charge in [-0.3, -0.25) is 10.1 Å². The van der Waals surface area contributed by atoms with E-state index in [4.69, 9.17) is 4.74 Å². The summed E-state index contributed by atoms with van der Waals surface area (Å²) in [5.41, 5.74) is -0.817. The molecule has 0 aromatic heterocycles. The molecule has 0 saturated heterocycles. The van der Waals surface area contributed by atoms with Crippen molar-refractivity contribution in [3.05, 3.63) is 32.8 Å². The summed E-state index contributed by atoms with van der Waals surface area (Å²) in [5.74, 6) is -0.618. The fourth-order valence-corrected chi connectivity index (χ4v) is 3.05. The molecule has 1 rings (SSSR count). The number of amides is 1. The first-order valence-electron chi connectivity index (χ1n) is 7.17. The number of rotatable bonds is 6. The van der Waals surface area contributed by atoms with Crippen LogP contribution in [0.25, 0.3) is 0 Å². The number of carbonyl (C=O) groups is 2. The zero-order valence-corrected chi connectivity index (χ0v) is 16.6. The fraction of sp³-hybridized carbons (Fsp3) is 0.467. The van der Waals surface area contributed by atoms with E-state index in [1.807, 2.05) is 0 Å². The van der Waals surface area contributed by atoms with Crippen molar-refractivity contribution >= 4 is 45.4 Å². The highest BCUT2D eigenvalue weighted by Gasteiger charge is 2.26. The predicted molar refractivity (Wildman–Crippen MR) is 96.7 cm³/mol. The summed E-state index contributed by atoms with van der Waals surface area (Å²) >= 11 is 4.24. The molecule has 138 valence electrons. The molecule has 1 atom stereocenters. The minimum absolute atomic E-state index is 0.0500. The third-order valence-electron chi connectivity index (χ3n) is 2.70. The molecule has 0 aliphatic heterocycles. The van der Waals surface area contributed by atoms with Crippen molar-refractivity contribution in [3.63, 3.8) is 0 Å². The molecule has 1 N–H and O–H groups in total. The maximum absolute atomic E-state index is 11.9. The molecule has 0 radical (unpaired) electrons. The maximum atomic E-state index is 11.9. The van der Waals surface area contributed by atoms with E-state index in [2.05, 4.69) is 26.0 Å². The van der Waals surface area contributed by atoms with Gasteiger partial charge in [0.05, 0.1) is 16.9 Å². The average Bonchev–Trinajstić information content (AvgIpc) is 2.49. The minimum Gasteiger partial charge on any atom is -0.467 e. The van der Waals surface area contributed by atoms with Gasteiger partial charge in [0.25, 0.3) is 5.69 Å². The van der Waals surface area contributed by atoms with Crippen LogP contribution in [0.3, 0.4) is 0 Å². The van der Waals surface area contributed by atoms with Gasteiger partial charge in [-0.1, -0.05) is 15.9 Å². The van der Waals surface area contributed by atoms with Crippen molar-refractivity contribution in [2.45, 2.75) is 37.3 Å². The Morgan fingerprint density at radius 3 is 2.56 bits per heavy atom. The lowest BCUT2D eigenvalue weighted by molar-refractivity contribution is -0.387. The molecule has 0 fully saturated rings. The third-order valence-corrected chi connectivity index (χ3v) is 4.35. The van der Waals surface area contributed by atoms with Gasteiger partial charge in [0.2, 0.25) is 0 Å². The van der Waals surface area contributed by atoms with Crippen LogP contribution in [-0.2, 0) is 14.3 Å². The number of halogens is 1. The molecule has 1 amide bonds. The van der Waals surface area contributed by atoms with Crippen LogP contribution in [0.1, 0.15) is 20.8 Å². The number of hydrogen-bond donors (Lipinski definition) is 1. The monoisotopic (exact) mass is 434 g/mol. The van der Waals surface area contributed by atoms with Crippen LogP contribution in [0, 0.1) is 10.1 Å². The second-order valence-electron chi connectivity index (χ2n) is 5.90. The number of nitrogens with one attached hydrogen (secondary N) is 1. The highest BCUT2D eigenvalue weighted by molar-refractivity contribution is 9.10. The molecule has 0 aliphatic carbocycles. The van der Waals surface area contributed by atoms with Crippen LogP contribution >= 0.6 is 27.7 Å². The number of alkyl carbamates (subject to hydrolysis) is 1. The van der Waals surface area contributed by atoms with Crippen LogP contribution in [0.2, 0.25) is 0 Å². The molecule has 1 aromatic carbocycles. The van der Waals surface area contributed by atoms with Crippen LogP contribution in [0.15, 0.2) is 27.6 Å². The summed E-state index contributed by atoms with van der Waals surface area (Å²) in [5, 5.41) is 13.6. The number of thioether (sulfide) groups is 1. The maximum Gasteiger partial charge on any atom is 0.408 e. The second kappa shape index (κ2) is 9.04. The molecular formula is C15H19BrN2O6S. The summed E-state index contributed by atoms with van der Waals surface area (Å²) in [6.45, 7) is 5.08. The first-order chi connectivity index (χ1) is 11.5. The molecule has 0 heterocycles. The first-order valence-corrected chi connectivity index (χ1v) is 8.95. The smallest absolute Gasteiger partial charge is 0.408 e. The standard InChI is InChI=1S/C15H19BrN2O6S/c1-15(2,3)24-14(20)17-10(13(19)23-4)8-25-12-6-5-9(16)7-11(12)18(21)22/h5-7,10H,8H2,1-4H3,(H,17,20). The number of carbonyl (C=O) groups excluding carboxylic acids is 2. The van der Waals surface area contributed by atoms with E-state index in [0.29, 0.717) is 9.37 Å². The summed E-state index contributed by atoms with van der Waals surface area (Å²) in [4.78, 5) is 34.7. The van der Waals surface area contributed by atoms with Crippen LogP contribution < -0.4 is 5.32 Å². The topological polar surface area (TPSA) is 108 Å². The van der Waals surface area contributed by atoms with Crippen LogP contribution in [0.5, 0.6) is 0 Å². The Balaban J connectivity index is 2.85. The van der Waals surface area contributed by atoms with Gasteiger partial charge in [0.1, 0.15) is 11.6 Å². The van der Waals surface area contributed by atoms with Crippen LogP contribution in [-0.4, -0.2) is 41.5 Å². The van der Waals surface area contributed by atoms with Crippen molar-refractivity contribution in [2.75, 3.05) is 12.9 Å². The van der Waals surface area contributed by atoms with Gasteiger partial charge in [-0.05, 0) is 32.9 Å². The lowest BCUT2D eigenvalue weighted by Gasteiger charge is -2.22. The van der Waals surface area contributed by atoms with Gasteiger partial charge in [-0.15, -0.1) is 11.8 Å². The molecular weight excluding hydrogens is 416 g/mol. The largest absolute Gasteiger partial charge is 0.467 e. The molecule has 8 nitrogen and oxygen atoms in total. The van der Waals surface area contributed by atoms with E-state index in [0.717, 1.165) is 11.8 Å². The second-order valence-corrected chi connectivity index (χ2v) is 7.88. The quantitative estimate of drug-likeness (QED) is 0.315. The van der Waals surface area contributed by atoms with Crippen molar-refractivity contribution in [3.8, 4) is 0 Å². The number of nitro benzene ring substituents is 1. The molecule has 10 heteroatoms. The number of methoxy groups -OCH3 is 1. The summed E-state index contributed by atoms with van der Waals surface area (Å²) < 4.78 is 10.3. The number of esters is 1. The number of benzene rings is 1. The molecule has 1 unspecified atom stereocenters. The normalized spacial score (nSPS) is 12.2. The number of nitrogens with zero attached hydrogens (tertiary/aromatic N) is 1. The molecule has 1 aromatic rings. The SMILES string of the molecule is COC(=O)C(CSc1ccc(Br)cc1[N+](=O)[O-])NC(=O)OC(C)(C)C. The highest BCUT2D eigenvalue weighted by atomic mass is 79.9. The van der Waals surface area contributed by atoms with E-state index in [1.165, 1.54) is 13.2 Å². The number of ether oxygens (including phenoxy) is 2. The molecule has 0 saturated carbocycles. The zero-order valence-electron chi connectivity index (χ0n) is 14.2. The summed E-state index contributed by atoms with van der Waals surface area (Å²) in [7, 11) is 1.19. The Kier molecular flexibility index (Phi) is 7.68. The van der Waals surface area contributed by atoms with E-state index < -0.39 is 28.6 Å². The van der Waals surface area contributed by atoms with Crippen molar-refractivity contribution < 1.29 is 24.0 Å². The van der Waals surface area contributed by atoms with Gasteiger partial charge >= 0.3 is 12.1 Å². The van der Waals surface area contributed by atoms with Crippen molar-refractivity contribution in [2.24, 2.45) is 0 Å². The molecule has 25 heavy (non-hydrogen) atoms. The molecule has 0 bridgehead atoms. The lowest BCUT2D eigenvalue weighted by Crippen LogP contribution is -2.45.